The highest BCUT2D eigenvalue weighted by Crippen LogP contribution is 2.19. The van der Waals surface area contributed by atoms with Crippen LogP contribution in [0, 0.1) is 0 Å². The average molecular weight is 345 g/mol. The molecule has 1 aliphatic carbocycles. The van der Waals surface area contributed by atoms with Crippen LogP contribution < -0.4 is 5.32 Å². The fourth-order valence-electron chi connectivity index (χ4n) is 2.63. The second-order valence-corrected chi connectivity index (χ2v) is 9.19. The molecule has 2 rings (SSSR count). The van der Waals surface area contributed by atoms with E-state index in [0.717, 1.165) is 43.5 Å². The molecule has 0 spiro atoms. The summed E-state index contributed by atoms with van der Waals surface area (Å²) in [6.45, 7) is 3.53. The minimum absolute atomic E-state index is 0.139. The van der Waals surface area contributed by atoms with Crippen molar-refractivity contribution in [3.8, 4) is 0 Å². The van der Waals surface area contributed by atoms with E-state index >= 15 is 0 Å². The molecule has 0 bridgehead atoms. The van der Waals surface area contributed by atoms with E-state index in [1.165, 1.54) is 18.3 Å². The Morgan fingerprint density at radius 2 is 2.14 bits per heavy atom. The van der Waals surface area contributed by atoms with Crippen LogP contribution in [0.3, 0.4) is 0 Å². The molecule has 1 aliphatic rings. The summed E-state index contributed by atoms with van der Waals surface area (Å²) in [7, 11) is -3.52. The topological polar surface area (TPSA) is 76.1 Å². The molecule has 22 heavy (non-hydrogen) atoms. The van der Waals surface area contributed by atoms with Gasteiger partial charge in [0.25, 0.3) is 0 Å². The number of aromatic nitrogens is 1. The van der Waals surface area contributed by atoms with Crippen molar-refractivity contribution in [1.29, 1.82) is 0 Å². The van der Waals surface area contributed by atoms with Gasteiger partial charge in [-0.15, -0.1) is 11.3 Å². The largest absolute Gasteiger partial charge is 0.352 e. The van der Waals surface area contributed by atoms with Gasteiger partial charge in [-0.1, -0.05) is 19.8 Å². The molecule has 5 nitrogen and oxygen atoms in total. The fraction of sp³-hybridized carbons (Fsp3) is 0.733. The second kappa shape index (κ2) is 7.55. The zero-order valence-electron chi connectivity index (χ0n) is 13.2. The summed E-state index contributed by atoms with van der Waals surface area (Å²) >= 11 is 1.48. The molecule has 0 saturated heterocycles. The van der Waals surface area contributed by atoms with Gasteiger partial charge in [0.15, 0.2) is 9.84 Å². The van der Waals surface area contributed by atoms with Gasteiger partial charge in [-0.25, -0.2) is 13.4 Å². The quantitative estimate of drug-likeness (QED) is 0.824. The molecule has 1 unspecified atom stereocenters. The summed E-state index contributed by atoms with van der Waals surface area (Å²) in [5.41, 5.74) is 0.550. The number of carbonyl (C=O) groups excluding carboxylic acids is 1. The Bertz CT molecular complexity index is 604. The summed E-state index contributed by atoms with van der Waals surface area (Å²) in [5.74, 6) is -0.539. The molecule has 1 aromatic rings. The number of nitrogens with zero attached hydrogens (tertiary/aromatic N) is 1. The standard InChI is InChI=1S/C15H24N2O3S2/c1-3-6-14-16-13(9-21-14)10-22(19,20)11(2)15(18)17-12-7-4-5-8-12/h9,11-12H,3-8,10H2,1-2H3,(H,17,18). The summed E-state index contributed by atoms with van der Waals surface area (Å²) in [6.07, 6.45) is 5.95. The van der Waals surface area contributed by atoms with Gasteiger partial charge in [0, 0.05) is 11.4 Å². The molecular formula is C15H24N2O3S2. The Morgan fingerprint density at radius 3 is 2.77 bits per heavy atom. The highest BCUT2D eigenvalue weighted by molar-refractivity contribution is 7.92. The van der Waals surface area contributed by atoms with Crippen molar-refractivity contribution in [2.24, 2.45) is 0 Å². The third-order valence-electron chi connectivity index (χ3n) is 4.02. The molecular weight excluding hydrogens is 320 g/mol. The van der Waals surface area contributed by atoms with Crippen LogP contribution in [0.25, 0.3) is 0 Å². The number of carbonyl (C=O) groups is 1. The summed E-state index contributed by atoms with van der Waals surface area (Å²) in [5, 5.41) is 4.57. The number of hydrogen-bond acceptors (Lipinski definition) is 5. The number of hydrogen-bond donors (Lipinski definition) is 1. The lowest BCUT2D eigenvalue weighted by atomic mass is 10.2. The van der Waals surface area contributed by atoms with E-state index in [4.69, 9.17) is 0 Å². The van der Waals surface area contributed by atoms with E-state index in [2.05, 4.69) is 17.2 Å². The molecule has 1 N–H and O–H groups in total. The smallest absolute Gasteiger partial charge is 0.238 e. The van der Waals surface area contributed by atoms with Crippen molar-refractivity contribution in [2.75, 3.05) is 0 Å². The number of nitrogens with one attached hydrogen (secondary N) is 1. The normalized spacial score (nSPS) is 17.5. The zero-order chi connectivity index (χ0) is 16.2. The lowest BCUT2D eigenvalue weighted by molar-refractivity contribution is -0.121. The molecule has 1 fully saturated rings. The molecule has 0 aliphatic heterocycles. The number of sulfone groups is 1. The van der Waals surface area contributed by atoms with Crippen molar-refractivity contribution in [1.82, 2.24) is 10.3 Å². The molecule has 124 valence electrons. The van der Waals surface area contributed by atoms with Gasteiger partial charge in [0.05, 0.1) is 16.5 Å². The monoisotopic (exact) mass is 344 g/mol. The first-order chi connectivity index (χ1) is 10.4. The second-order valence-electron chi connectivity index (χ2n) is 5.92. The van der Waals surface area contributed by atoms with Gasteiger partial charge in [-0.2, -0.15) is 0 Å². The van der Waals surface area contributed by atoms with Crippen molar-refractivity contribution >= 4 is 27.1 Å². The first-order valence-electron chi connectivity index (χ1n) is 7.87. The Kier molecular flexibility index (Phi) is 5.97. The molecule has 1 heterocycles. The minimum atomic E-state index is -3.52. The van der Waals surface area contributed by atoms with Gasteiger partial charge in [0.1, 0.15) is 5.25 Å². The van der Waals surface area contributed by atoms with E-state index in [0.29, 0.717) is 5.69 Å². The maximum Gasteiger partial charge on any atom is 0.238 e. The molecule has 0 aromatic carbocycles. The Balaban J connectivity index is 1.96. The number of aryl methyl sites for hydroxylation is 1. The van der Waals surface area contributed by atoms with Crippen LogP contribution in [0.15, 0.2) is 5.38 Å². The SMILES string of the molecule is CCCc1nc(CS(=O)(=O)C(C)C(=O)NC2CCCC2)cs1. The molecule has 1 saturated carbocycles. The Hall–Kier alpha value is -0.950. The lowest BCUT2D eigenvalue weighted by Gasteiger charge is -2.16. The van der Waals surface area contributed by atoms with Crippen molar-refractivity contribution in [3.05, 3.63) is 16.1 Å². The van der Waals surface area contributed by atoms with Crippen LogP contribution in [-0.2, 0) is 26.8 Å². The third kappa shape index (κ3) is 4.52. The Morgan fingerprint density at radius 1 is 1.45 bits per heavy atom. The van der Waals surface area contributed by atoms with Crippen LogP contribution in [0.5, 0.6) is 0 Å². The van der Waals surface area contributed by atoms with Crippen LogP contribution >= 0.6 is 11.3 Å². The van der Waals surface area contributed by atoms with Crippen LogP contribution in [0.1, 0.15) is 56.7 Å². The summed E-state index contributed by atoms with van der Waals surface area (Å²) in [4.78, 5) is 16.5. The first kappa shape index (κ1) is 17.4. The Labute approximate surface area is 136 Å². The van der Waals surface area contributed by atoms with Crippen molar-refractivity contribution in [2.45, 2.75) is 69.4 Å². The number of rotatable bonds is 7. The number of thiazole rings is 1. The average Bonchev–Trinajstić information content (AvgIpc) is 3.10. The molecule has 1 aromatic heterocycles. The minimum Gasteiger partial charge on any atom is -0.352 e. The summed E-state index contributed by atoms with van der Waals surface area (Å²) < 4.78 is 24.8. The van der Waals surface area contributed by atoms with E-state index in [1.807, 2.05) is 0 Å². The first-order valence-corrected chi connectivity index (χ1v) is 10.5. The van der Waals surface area contributed by atoms with Gasteiger partial charge >= 0.3 is 0 Å². The lowest BCUT2D eigenvalue weighted by Crippen LogP contribution is -2.42. The van der Waals surface area contributed by atoms with Crippen LogP contribution in [0.2, 0.25) is 0 Å². The molecule has 1 atom stereocenters. The molecule has 0 radical (unpaired) electrons. The van der Waals surface area contributed by atoms with Gasteiger partial charge in [-0.3, -0.25) is 4.79 Å². The van der Waals surface area contributed by atoms with Crippen molar-refractivity contribution in [3.63, 3.8) is 0 Å². The van der Waals surface area contributed by atoms with Crippen LogP contribution in [-0.4, -0.2) is 30.6 Å². The maximum absolute atomic E-state index is 12.4. The highest BCUT2D eigenvalue weighted by Gasteiger charge is 2.30. The highest BCUT2D eigenvalue weighted by atomic mass is 32.2. The van der Waals surface area contributed by atoms with Gasteiger partial charge in [0.2, 0.25) is 5.91 Å². The predicted molar refractivity (Wildman–Crippen MR) is 88.6 cm³/mol. The zero-order valence-corrected chi connectivity index (χ0v) is 14.8. The third-order valence-corrected chi connectivity index (χ3v) is 6.97. The van der Waals surface area contributed by atoms with E-state index in [9.17, 15) is 13.2 Å². The van der Waals surface area contributed by atoms with Crippen LogP contribution in [0.4, 0.5) is 0 Å². The van der Waals surface area contributed by atoms with E-state index in [1.54, 1.807) is 5.38 Å². The van der Waals surface area contributed by atoms with E-state index in [-0.39, 0.29) is 17.7 Å². The number of amides is 1. The van der Waals surface area contributed by atoms with E-state index < -0.39 is 15.1 Å². The molecule has 7 heteroatoms. The van der Waals surface area contributed by atoms with Gasteiger partial charge < -0.3 is 5.32 Å². The molecule has 1 amide bonds. The van der Waals surface area contributed by atoms with Gasteiger partial charge in [-0.05, 0) is 32.6 Å². The maximum atomic E-state index is 12.4. The fourth-order valence-corrected chi connectivity index (χ4v) is 4.84. The van der Waals surface area contributed by atoms with Crippen molar-refractivity contribution < 1.29 is 13.2 Å². The summed E-state index contributed by atoms with van der Waals surface area (Å²) in [6, 6.07) is 0.139. The predicted octanol–water partition coefficient (Wildman–Crippen LogP) is 2.46.